The van der Waals surface area contributed by atoms with Crippen LogP contribution in [0.25, 0.3) is 0 Å². The van der Waals surface area contributed by atoms with E-state index in [4.69, 9.17) is 18.5 Å². The zero-order valence-corrected chi connectivity index (χ0v) is 38.1. The number of phosphoric ester groups is 1. The lowest BCUT2D eigenvalue weighted by Crippen LogP contribution is -2.64. The van der Waals surface area contributed by atoms with Crippen molar-refractivity contribution in [1.29, 1.82) is 0 Å². The molecule has 13 nitrogen and oxygen atoms in total. The Balaban J connectivity index is 2.52. The summed E-state index contributed by atoms with van der Waals surface area (Å²) in [5.74, 6) is -1.17. The first-order valence-electron chi connectivity index (χ1n) is 23.1. The fourth-order valence-electron chi connectivity index (χ4n) is 6.57. The third-order valence-corrected chi connectivity index (χ3v) is 11.3. The zero-order valence-electron chi connectivity index (χ0n) is 37.2. The van der Waals surface area contributed by atoms with Crippen molar-refractivity contribution in [3.8, 4) is 0 Å². The van der Waals surface area contributed by atoms with Gasteiger partial charge in [0.25, 0.3) is 0 Å². The van der Waals surface area contributed by atoms with Gasteiger partial charge < -0.3 is 39.9 Å². The first-order valence-corrected chi connectivity index (χ1v) is 24.6. The highest BCUT2D eigenvalue weighted by atomic mass is 31.2. The van der Waals surface area contributed by atoms with Gasteiger partial charge in [0, 0.05) is 12.8 Å². The van der Waals surface area contributed by atoms with Crippen molar-refractivity contribution in [1.82, 2.24) is 0 Å². The van der Waals surface area contributed by atoms with E-state index in [-0.39, 0.29) is 12.8 Å². The maximum absolute atomic E-state index is 12.8. The van der Waals surface area contributed by atoms with E-state index in [9.17, 15) is 44.6 Å². The van der Waals surface area contributed by atoms with Crippen LogP contribution in [0, 0.1) is 0 Å². The Labute approximate surface area is 366 Å². The van der Waals surface area contributed by atoms with Crippen molar-refractivity contribution in [3.05, 3.63) is 60.8 Å². The second-order valence-corrected chi connectivity index (χ2v) is 17.3. The molecule has 6 N–H and O–H groups in total. The lowest BCUT2D eigenvalue weighted by Gasteiger charge is -2.41. The number of rotatable bonds is 37. The second-order valence-electron chi connectivity index (χ2n) is 15.9. The molecule has 61 heavy (non-hydrogen) atoms. The maximum atomic E-state index is 12.8. The van der Waals surface area contributed by atoms with Crippen LogP contribution in [0.5, 0.6) is 0 Å². The fraction of sp³-hybridized carbons (Fsp3) is 0.745. The van der Waals surface area contributed by atoms with E-state index < -0.39 is 75.7 Å². The molecule has 352 valence electrons. The SMILES string of the molecule is CCCCCC=CCC=CCC=CCC=CCCCC(=O)OC(COC(=O)CCCCCCCCCC=CCCCCCC)COP(=O)(O)OC1C(O)C(O)C(O)C(O)C1O. The van der Waals surface area contributed by atoms with Crippen LogP contribution in [0.1, 0.15) is 168 Å². The van der Waals surface area contributed by atoms with E-state index in [1.807, 2.05) is 12.2 Å². The number of unbranched alkanes of at least 4 members (excludes halogenated alkanes) is 15. The number of ether oxygens (including phenoxy) is 2. The van der Waals surface area contributed by atoms with Crippen LogP contribution in [0.2, 0.25) is 0 Å². The van der Waals surface area contributed by atoms with E-state index in [0.717, 1.165) is 57.8 Å². The number of esters is 2. The summed E-state index contributed by atoms with van der Waals surface area (Å²) in [4.78, 5) is 35.7. The number of aliphatic hydroxyl groups excluding tert-OH is 5. The Morgan fingerprint density at radius 2 is 0.902 bits per heavy atom. The first kappa shape index (κ1) is 56.6. The second kappa shape index (κ2) is 37.0. The van der Waals surface area contributed by atoms with E-state index in [1.165, 1.54) is 64.2 Å². The maximum Gasteiger partial charge on any atom is 0.472 e. The van der Waals surface area contributed by atoms with Gasteiger partial charge in [0.05, 0.1) is 6.61 Å². The van der Waals surface area contributed by atoms with Crippen LogP contribution in [-0.2, 0) is 32.7 Å². The van der Waals surface area contributed by atoms with Crippen LogP contribution in [0.4, 0.5) is 0 Å². The largest absolute Gasteiger partial charge is 0.472 e. The topological polar surface area (TPSA) is 210 Å². The minimum absolute atomic E-state index is 0.0180. The Morgan fingerprint density at radius 3 is 1.44 bits per heavy atom. The van der Waals surface area contributed by atoms with Crippen LogP contribution in [-0.4, -0.2) is 98.3 Å². The molecule has 1 saturated carbocycles. The van der Waals surface area contributed by atoms with Crippen molar-refractivity contribution >= 4 is 19.8 Å². The summed E-state index contributed by atoms with van der Waals surface area (Å²) >= 11 is 0. The van der Waals surface area contributed by atoms with Gasteiger partial charge in [-0.2, -0.15) is 0 Å². The first-order chi connectivity index (χ1) is 29.4. The minimum atomic E-state index is -5.14. The molecule has 0 saturated heterocycles. The number of aliphatic hydroxyl groups is 5. The number of phosphoric acid groups is 1. The molecule has 0 aliphatic heterocycles. The molecular formula is C47H81O13P. The molecule has 0 amide bonds. The summed E-state index contributed by atoms with van der Waals surface area (Å²) in [6.07, 6.45) is 31.3. The molecule has 0 aromatic carbocycles. The van der Waals surface area contributed by atoms with Crippen molar-refractivity contribution in [3.63, 3.8) is 0 Å². The molecule has 6 atom stereocenters. The van der Waals surface area contributed by atoms with Gasteiger partial charge in [-0.1, -0.05) is 139 Å². The monoisotopic (exact) mass is 885 g/mol. The molecule has 1 aliphatic rings. The third-order valence-electron chi connectivity index (χ3n) is 10.3. The van der Waals surface area contributed by atoms with Gasteiger partial charge in [0.15, 0.2) is 6.10 Å². The van der Waals surface area contributed by atoms with Crippen molar-refractivity contribution in [2.24, 2.45) is 0 Å². The summed E-state index contributed by atoms with van der Waals surface area (Å²) in [5, 5.41) is 50.1. The fourth-order valence-corrected chi connectivity index (χ4v) is 7.54. The molecule has 0 spiro atoms. The highest BCUT2D eigenvalue weighted by Crippen LogP contribution is 2.47. The predicted molar refractivity (Wildman–Crippen MR) is 239 cm³/mol. The highest BCUT2D eigenvalue weighted by molar-refractivity contribution is 7.47. The Bertz CT molecular complexity index is 1300. The number of carbonyl (C=O) groups excluding carboxylic acids is 2. The summed E-state index contributed by atoms with van der Waals surface area (Å²) in [6.45, 7) is 3.20. The summed E-state index contributed by atoms with van der Waals surface area (Å²) < 4.78 is 33.4. The third kappa shape index (κ3) is 29.5. The molecule has 14 heteroatoms. The summed E-state index contributed by atoms with van der Waals surface area (Å²) in [5.41, 5.74) is 0. The Kier molecular flexibility index (Phi) is 34.3. The molecule has 0 bridgehead atoms. The highest BCUT2D eigenvalue weighted by Gasteiger charge is 2.51. The predicted octanol–water partition coefficient (Wildman–Crippen LogP) is 8.94. The van der Waals surface area contributed by atoms with Crippen molar-refractivity contribution in [2.75, 3.05) is 13.2 Å². The smallest absolute Gasteiger partial charge is 0.462 e. The van der Waals surface area contributed by atoms with E-state index in [1.54, 1.807) is 0 Å². The van der Waals surface area contributed by atoms with Gasteiger partial charge in [-0.25, -0.2) is 4.57 Å². The van der Waals surface area contributed by atoms with Crippen molar-refractivity contribution < 1.29 is 63.1 Å². The van der Waals surface area contributed by atoms with Crippen LogP contribution >= 0.6 is 7.82 Å². The lowest BCUT2D eigenvalue weighted by molar-refractivity contribution is -0.220. The molecule has 0 aromatic heterocycles. The van der Waals surface area contributed by atoms with Gasteiger partial charge in [0.2, 0.25) is 0 Å². The molecular weight excluding hydrogens is 803 g/mol. The van der Waals surface area contributed by atoms with Crippen LogP contribution in [0.3, 0.4) is 0 Å². The van der Waals surface area contributed by atoms with Crippen LogP contribution < -0.4 is 0 Å². The van der Waals surface area contributed by atoms with Gasteiger partial charge in [-0.15, -0.1) is 0 Å². The lowest BCUT2D eigenvalue weighted by atomic mass is 9.85. The molecule has 6 unspecified atom stereocenters. The minimum Gasteiger partial charge on any atom is -0.462 e. The summed E-state index contributed by atoms with van der Waals surface area (Å²) in [7, 11) is -5.14. The molecule has 1 rings (SSSR count). The van der Waals surface area contributed by atoms with Crippen LogP contribution in [0.15, 0.2) is 60.8 Å². The summed E-state index contributed by atoms with van der Waals surface area (Å²) in [6, 6.07) is 0. The van der Waals surface area contributed by atoms with E-state index in [0.29, 0.717) is 19.3 Å². The average molecular weight is 885 g/mol. The Morgan fingerprint density at radius 1 is 0.508 bits per heavy atom. The number of carbonyl (C=O) groups is 2. The normalized spacial score (nSPS) is 22.6. The standard InChI is InChI=1S/C47H81O13P/c1-3-5-7-9-11-13-15-17-19-20-22-24-26-28-30-32-34-36-41(49)59-39(38-58-61(55,56)60-47-45(53)43(51)42(50)44(52)46(47)54)37-57-40(48)35-33-31-29-27-25-23-21-18-16-14-12-10-8-6-4-2/h11,13-14,16-17,19,22,24,28,30,39,42-47,50-54H,3-10,12,15,18,20-21,23,25-27,29,31-38H2,1-2H3,(H,55,56). The number of allylic oxidation sites excluding steroid dienone is 10. The molecule has 1 aliphatic carbocycles. The molecule has 0 radical (unpaired) electrons. The Hall–Kier alpha value is -2.45. The number of hydrogen-bond acceptors (Lipinski definition) is 12. The van der Waals surface area contributed by atoms with Gasteiger partial charge in [-0.3, -0.25) is 18.6 Å². The molecule has 0 heterocycles. The van der Waals surface area contributed by atoms with E-state index in [2.05, 4.69) is 62.5 Å². The van der Waals surface area contributed by atoms with Gasteiger partial charge in [-0.05, 0) is 77.0 Å². The van der Waals surface area contributed by atoms with E-state index >= 15 is 0 Å². The molecule has 0 aromatic rings. The quantitative estimate of drug-likeness (QED) is 0.0149. The van der Waals surface area contributed by atoms with Crippen molar-refractivity contribution in [2.45, 2.75) is 211 Å². The average Bonchev–Trinajstić information content (AvgIpc) is 3.24. The van der Waals surface area contributed by atoms with Gasteiger partial charge in [0.1, 0.15) is 43.2 Å². The molecule has 1 fully saturated rings. The van der Waals surface area contributed by atoms with Gasteiger partial charge >= 0.3 is 19.8 Å². The number of hydrogen-bond donors (Lipinski definition) is 6. The zero-order chi connectivity index (χ0) is 45.0.